The molecule has 0 amide bonds. The highest BCUT2D eigenvalue weighted by molar-refractivity contribution is 5.42. The molecule has 1 aromatic heterocycles. The van der Waals surface area contributed by atoms with Crippen LogP contribution in [0.15, 0.2) is 17.7 Å². The molecule has 0 radical (unpaired) electrons. The van der Waals surface area contributed by atoms with E-state index in [1.54, 1.807) is 0 Å². The number of rotatable bonds is 0. The summed E-state index contributed by atoms with van der Waals surface area (Å²) in [6.45, 7) is 13.6. The number of aliphatic hydroxyl groups excluding tert-OH is 1. The molecule has 1 heterocycles. The van der Waals surface area contributed by atoms with Gasteiger partial charge in [-0.3, -0.25) is 4.68 Å². The summed E-state index contributed by atoms with van der Waals surface area (Å²) in [5, 5.41) is 15.0. The Morgan fingerprint density at radius 2 is 2.16 bits per heavy atom. The number of nitrogens with zero attached hydrogens (tertiary/aromatic N) is 3. The van der Waals surface area contributed by atoms with E-state index in [0.717, 1.165) is 12.1 Å². The minimum absolute atomic E-state index is 0.133. The lowest BCUT2D eigenvalue weighted by atomic mass is 9.59. The zero-order valence-electron chi connectivity index (χ0n) is 11.9. The van der Waals surface area contributed by atoms with E-state index in [2.05, 4.69) is 23.1 Å². The smallest absolute Gasteiger partial charge is 0.203 e. The van der Waals surface area contributed by atoms with Crippen LogP contribution in [0.3, 0.4) is 0 Å². The molecule has 0 unspecified atom stereocenters. The SMILES string of the molecule is [C-]#[N+]C1=C(O)C(C)(C)[C@H]2Cc3cn(C)nc3[C@@]2(C)C1. The maximum Gasteiger partial charge on any atom is 0.203 e. The maximum absolute atomic E-state index is 10.4. The molecule has 0 saturated heterocycles. The number of aromatic nitrogens is 2. The standard InChI is InChI=1S/C15H19N3O/c1-14(2)11-6-9-8-18(5)17-12(9)15(11,3)7-10(16-4)13(14)19/h8,11,19H,6-7H2,1-3,5H3/t11-,15+/m1/s1. The summed E-state index contributed by atoms with van der Waals surface area (Å²) in [5.74, 6) is 0.587. The van der Waals surface area contributed by atoms with E-state index in [-0.39, 0.29) is 16.6 Å². The molecule has 0 saturated carbocycles. The highest BCUT2D eigenvalue weighted by atomic mass is 16.3. The van der Waals surface area contributed by atoms with E-state index in [4.69, 9.17) is 6.57 Å². The fraction of sp³-hybridized carbons (Fsp3) is 0.600. The number of allylic oxidation sites excluding steroid dienone is 2. The van der Waals surface area contributed by atoms with Gasteiger partial charge in [0, 0.05) is 24.1 Å². The quantitative estimate of drug-likeness (QED) is 0.726. The molecule has 3 rings (SSSR count). The van der Waals surface area contributed by atoms with Gasteiger partial charge in [-0.2, -0.15) is 5.10 Å². The second-order valence-electron chi connectivity index (χ2n) is 6.66. The third kappa shape index (κ3) is 1.36. The van der Waals surface area contributed by atoms with Gasteiger partial charge in [-0.1, -0.05) is 20.8 Å². The molecule has 0 bridgehead atoms. The monoisotopic (exact) mass is 257 g/mol. The van der Waals surface area contributed by atoms with Crippen LogP contribution in [-0.4, -0.2) is 14.9 Å². The first kappa shape index (κ1) is 12.3. The maximum atomic E-state index is 10.4. The van der Waals surface area contributed by atoms with Crippen molar-refractivity contribution in [2.75, 3.05) is 0 Å². The summed E-state index contributed by atoms with van der Waals surface area (Å²) in [5.41, 5.74) is 2.39. The summed E-state index contributed by atoms with van der Waals surface area (Å²) in [7, 11) is 1.94. The number of hydrogen-bond acceptors (Lipinski definition) is 2. The Morgan fingerprint density at radius 3 is 2.79 bits per heavy atom. The molecule has 19 heavy (non-hydrogen) atoms. The Kier molecular flexibility index (Phi) is 2.21. The molecule has 0 spiro atoms. The summed E-state index contributed by atoms with van der Waals surface area (Å²) in [6, 6.07) is 0. The van der Waals surface area contributed by atoms with Gasteiger partial charge in [-0.25, -0.2) is 4.85 Å². The van der Waals surface area contributed by atoms with Gasteiger partial charge in [-0.05, 0) is 24.3 Å². The molecule has 0 fully saturated rings. The van der Waals surface area contributed by atoms with E-state index < -0.39 is 0 Å². The van der Waals surface area contributed by atoms with E-state index in [0.29, 0.717) is 18.0 Å². The van der Waals surface area contributed by atoms with Gasteiger partial charge in [-0.15, -0.1) is 0 Å². The minimum atomic E-state index is -0.362. The van der Waals surface area contributed by atoms with Crippen molar-refractivity contribution in [1.29, 1.82) is 0 Å². The zero-order chi connectivity index (χ0) is 14.0. The summed E-state index contributed by atoms with van der Waals surface area (Å²) in [4.78, 5) is 3.55. The molecule has 2 aliphatic carbocycles. The average Bonchev–Trinajstić information content (AvgIpc) is 2.82. The first-order chi connectivity index (χ1) is 8.80. The van der Waals surface area contributed by atoms with Gasteiger partial charge in [0.25, 0.3) is 0 Å². The lowest BCUT2D eigenvalue weighted by molar-refractivity contribution is 0.0901. The summed E-state index contributed by atoms with van der Waals surface area (Å²) < 4.78 is 1.86. The van der Waals surface area contributed by atoms with E-state index in [1.165, 1.54) is 5.56 Å². The van der Waals surface area contributed by atoms with Crippen molar-refractivity contribution in [3.63, 3.8) is 0 Å². The molecular weight excluding hydrogens is 238 g/mol. The Balaban J connectivity index is 2.20. The Labute approximate surface area is 113 Å². The fourth-order valence-corrected chi connectivity index (χ4v) is 4.10. The molecule has 4 heteroatoms. The number of aliphatic hydroxyl groups is 1. The van der Waals surface area contributed by atoms with Gasteiger partial charge in [0.2, 0.25) is 5.70 Å². The first-order valence-electron chi connectivity index (χ1n) is 6.63. The van der Waals surface area contributed by atoms with Crippen LogP contribution in [-0.2, 0) is 18.9 Å². The molecule has 0 aromatic carbocycles. The summed E-state index contributed by atoms with van der Waals surface area (Å²) in [6.07, 6.45) is 3.60. The van der Waals surface area contributed by atoms with Crippen molar-refractivity contribution in [2.24, 2.45) is 18.4 Å². The van der Waals surface area contributed by atoms with Crippen LogP contribution in [0.25, 0.3) is 4.85 Å². The van der Waals surface area contributed by atoms with Crippen molar-refractivity contribution in [1.82, 2.24) is 9.78 Å². The second kappa shape index (κ2) is 3.41. The second-order valence-corrected chi connectivity index (χ2v) is 6.66. The van der Waals surface area contributed by atoms with Gasteiger partial charge in [0.1, 0.15) is 5.76 Å². The molecule has 0 aliphatic heterocycles. The van der Waals surface area contributed by atoms with Gasteiger partial charge >= 0.3 is 0 Å². The lowest BCUT2D eigenvalue weighted by Crippen LogP contribution is -2.44. The van der Waals surface area contributed by atoms with Crippen LogP contribution in [0, 0.1) is 17.9 Å². The molecule has 4 nitrogen and oxygen atoms in total. The first-order valence-corrected chi connectivity index (χ1v) is 6.63. The predicted molar refractivity (Wildman–Crippen MR) is 72.4 cm³/mol. The Morgan fingerprint density at radius 1 is 1.47 bits per heavy atom. The highest BCUT2D eigenvalue weighted by Gasteiger charge is 2.56. The van der Waals surface area contributed by atoms with E-state index in [1.807, 2.05) is 25.6 Å². The van der Waals surface area contributed by atoms with Crippen molar-refractivity contribution in [3.8, 4) is 0 Å². The lowest BCUT2D eigenvalue weighted by Gasteiger charge is -2.46. The normalized spacial score (nSPS) is 31.8. The van der Waals surface area contributed by atoms with Crippen LogP contribution < -0.4 is 0 Å². The van der Waals surface area contributed by atoms with E-state index in [9.17, 15) is 5.11 Å². The van der Waals surface area contributed by atoms with E-state index >= 15 is 0 Å². The third-order valence-electron chi connectivity index (χ3n) is 5.06. The topological polar surface area (TPSA) is 42.4 Å². The summed E-state index contributed by atoms with van der Waals surface area (Å²) >= 11 is 0. The minimum Gasteiger partial charge on any atom is -0.523 e. The zero-order valence-corrected chi connectivity index (χ0v) is 11.9. The van der Waals surface area contributed by atoms with Crippen molar-refractivity contribution < 1.29 is 5.11 Å². The largest absolute Gasteiger partial charge is 0.523 e. The molecule has 2 aliphatic rings. The van der Waals surface area contributed by atoms with Gasteiger partial charge < -0.3 is 5.11 Å². The van der Waals surface area contributed by atoms with Crippen LogP contribution in [0.1, 0.15) is 38.4 Å². The Hall–Kier alpha value is -1.76. The molecular formula is C15H19N3O. The van der Waals surface area contributed by atoms with Crippen LogP contribution in [0.5, 0.6) is 0 Å². The van der Waals surface area contributed by atoms with Crippen LogP contribution >= 0.6 is 0 Å². The van der Waals surface area contributed by atoms with Crippen molar-refractivity contribution in [2.45, 2.75) is 39.0 Å². The molecule has 100 valence electrons. The average molecular weight is 257 g/mol. The number of aryl methyl sites for hydroxylation is 1. The van der Waals surface area contributed by atoms with Crippen LogP contribution in [0.4, 0.5) is 0 Å². The highest BCUT2D eigenvalue weighted by Crippen LogP contribution is 2.59. The Bertz CT molecular complexity index is 632. The number of fused-ring (bicyclic) bond motifs is 3. The molecule has 2 atom stereocenters. The predicted octanol–water partition coefficient (Wildman–Crippen LogP) is 2.97. The fourth-order valence-electron chi connectivity index (χ4n) is 4.10. The third-order valence-corrected chi connectivity index (χ3v) is 5.06. The van der Waals surface area contributed by atoms with Crippen molar-refractivity contribution in [3.05, 3.63) is 40.3 Å². The van der Waals surface area contributed by atoms with Gasteiger partial charge in [0.15, 0.2) is 0 Å². The van der Waals surface area contributed by atoms with Crippen LogP contribution in [0.2, 0.25) is 0 Å². The molecule has 1 N–H and O–H groups in total. The van der Waals surface area contributed by atoms with Crippen molar-refractivity contribution >= 4 is 0 Å². The number of hydrogen-bond donors (Lipinski definition) is 1. The van der Waals surface area contributed by atoms with Gasteiger partial charge in [0.05, 0.1) is 12.3 Å². The molecule has 1 aromatic rings.